The molecule has 0 atom stereocenters. The van der Waals surface area contributed by atoms with E-state index in [1.807, 2.05) is 55.5 Å². The number of ether oxygens (including phenoxy) is 4. The molecule has 0 saturated heterocycles. The average Bonchev–Trinajstić information content (AvgIpc) is 2.90. The normalized spacial score (nSPS) is 11.4. The van der Waals surface area contributed by atoms with Gasteiger partial charge in [-0.2, -0.15) is 0 Å². The van der Waals surface area contributed by atoms with E-state index in [0.29, 0.717) is 23.0 Å². The van der Waals surface area contributed by atoms with Crippen LogP contribution >= 0.6 is 0 Å². The van der Waals surface area contributed by atoms with E-state index in [9.17, 15) is 9.59 Å². The average molecular weight is 539 g/mol. The predicted octanol–water partition coefficient (Wildman–Crippen LogP) is 8.77. The topological polar surface area (TPSA) is 71.1 Å². The molecule has 4 rings (SSSR count). The molecule has 0 aromatic heterocycles. The first kappa shape index (κ1) is 28.4. The van der Waals surface area contributed by atoms with E-state index in [1.165, 1.54) is 0 Å². The summed E-state index contributed by atoms with van der Waals surface area (Å²) in [7, 11) is 0. The maximum absolute atomic E-state index is 12.3. The predicted molar refractivity (Wildman–Crippen MR) is 155 cm³/mol. The molecule has 0 unspecified atom stereocenters. The van der Waals surface area contributed by atoms with Crippen LogP contribution in [0.3, 0.4) is 0 Å². The van der Waals surface area contributed by atoms with E-state index in [2.05, 4.69) is 34.6 Å². The van der Waals surface area contributed by atoms with Crippen molar-refractivity contribution in [2.24, 2.45) is 0 Å². The Morgan fingerprint density at radius 2 is 0.875 bits per heavy atom. The fraction of sp³-hybridized carbons (Fsp3) is 0.235. The van der Waals surface area contributed by atoms with Gasteiger partial charge >= 0.3 is 12.3 Å². The van der Waals surface area contributed by atoms with Gasteiger partial charge in [0, 0.05) is 5.41 Å². The van der Waals surface area contributed by atoms with Crippen molar-refractivity contribution in [2.45, 2.75) is 52.4 Å². The molecule has 6 nitrogen and oxygen atoms in total. The molecular formula is C34H34O6. The highest BCUT2D eigenvalue weighted by Crippen LogP contribution is 2.33. The maximum Gasteiger partial charge on any atom is 0.519 e. The molecule has 0 fully saturated rings. The molecule has 0 saturated carbocycles. The van der Waals surface area contributed by atoms with Crippen LogP contribution in [0.1, 0.15) is 56.9 Å². The third kappa shape index (κ3) is 7.08. The van der Waals surface area contributed by atoms with E-state index < -0.39 is 12.3 Å². The molecule has 0 amide bonds. The van der Waals surface area contributed by atoms with Gasteiger partial charge < -0.3 is 18.9 Å². The molecule has 40 heavy (non-hydrogen) atoms. The Morgan fingerprint density at radius 1 is 0.500 bits per heavy atom. The number of para-hydroxylation sites is 1. The summed E-state index contributed by atoms with van der Waals surface area (Å²) in [4.78, 5) is 24.5. The summed E-state index contributed by atoms with van der Waals surface area (Å²) in [5, 5.41) is 0. The highest BCUT2D eigenvalue weighted by Gasteiger charge is 2.24. The SMILES string of the molecule is Cc1ccccc1OC(=O)Oc1ccc(C(C)(C)c2ccc(OC(=O)Oc3ccc(C(C)(C)C)cc3)cc2)cc1. The lowest BCUT2D eigenvalue weighted by atomic mass is 9.78. The maximum atomic E-state index is 12.3. The molecule has 0 radical (unpaired) electrons. The molecule has 0 spiro atoms. The minimum atomic E-state index is -0.799. The monoisotopic (exact) mass is 538 g/mol. The molecule has 0 aliphatic carbocycles. The van der Waals surface area contributed by atoms with Crippen LogP contribution in [0.15, 0.2) is 97.1 Å². The lowest BCUT2D eigenvalue weighted by Crippen LogP contribution is -2.19. The fourth-order valence-corrected chi connectivity index (χ4v) is 4.16. The van der Waals surface area contributed by atoms with Gasteiger partial charge in [0.15, 0.2) is 0 Å². The Hall–Kier alpha value is -4.58. The Morgan fingerprint density at radius 3 is 1.27 bits per heavy atom. The second kappa shape index (κ2) is 11.7. The molecule has 0 aliphatic rings. The zero-order valence-electron chi connectivity index (χ0n) is 23.7. The lowest BCUT2D eigenvalue weighted by Gasteiger charge is -2.26. The van der Waals surface area contributed by atoms with E-state index in [0.717, 1.165) is 22.3 Å². The first-order chi connectivity index (χ1) is 18.9. The molecule has 0 bridgehead atoms. The summed E-state index contributed by atoms with van der Waals surface area (Å²) in [6, 6.07) is 29.2. The number of aryl methyl sites for hydroxylation is 1. The third-order valence-corrected chi connectivity index (χ3v) is 6.76. The summed E-state index contributed by atoms with van der Waals surface area (Å²) < 4.78 is 21.3. The summed E-state index contributed by atoms with van der Waals surface area (Å²) >= 11 is 0. The van der Waals surface area contributed by atoms with Crippen molar-refractivity contribution in [3.8, 4) is 23.0 Å². The van der Waals surface area contributed by atoms with Gasteiger partial charge in [-0.05, 0) is 77.1 Å². The second-order valence-electron chi connectivity index (χ2n) is 11.1. The van der Waals surface area contributed by atoms with Crippen molar-refractivity contribution in [1.29, 1.82) is 0 Å². The van der Waals surface area contributed by atoms with Crippen LogP contribution in [0, 0.1) is 6.92 Å². The zero-order valence-corrected chi connectivity index (χ0v) is 23.7. The van der Waals surface area contributed by atoms with Crippen LogP contribution in [0.4, 0.5) is 9.59 Å². The van der Waals surface area contributed by atoms with Gasteiger partial charge in [-0.1, -0.05) is 89.2 Å². The molecule has 206 valence electrons. The summed E-state index contributed by atoms with van der Waals surface area (Å²) in [5.74, 6) is 1.65. The van der Waals surface area contributed by atoms with Crippen LogP contribution in [-0.4, -0.2) is 12.3 Å². The molecule has 0 aliphatic heterocycles. The van der Waals surface area contributed by atoms with Crippen molar-refractivity contribution < 1.29 is 28.5 Å². The first-order valence-corrected chi connectivity index (χ1v) is 13.1. The quantitative estimate of drug-likeness (QED) is 0.180. The highest BCUT2D eigenvalue weighted by molar-refractivity contribution is 5.68. The smallest absolute Gasteiger partial charge is 0.395 e. The van der Waals surface area contributed by atoms with Gasteiger partial charge in [-0.3, -0.25) is 0 Å². The van der Waals surface area contributed by atoms with Crippen LogP contribution in [0.5, 0.6) is 23.0 Å². The number of benzene rings is 4. The van der Waals surface area contributed by atoms with Crippen molar-refractivity contribution in [3.63, 3.8) is 0 Å². The molecule has 0 heterocycles. The zero-order chi connectivity index (χ0) is 28.9. The highest BCUT2D eigenvalue weighted by atomic mass is 16.7. The van der Waals surface area contributed by atoms with Gasteiger partial charge in [0.2, 0.25) is 0 Å². The number of rotatable bonds is 6. The van der Waals surface area contributed by atoms with Crippen molar-refractivity contribution in [2.75, 3.05) is 0 Å². The molecule has 4 aromatic rings. The van der Waals surface area contributed by atoms with Gasteiger partial charge in [0.1, 0.15) is 23.0 Å². The van der Waals surface area contributed by atoms with Crippen LogP contribution < -0.4 is 18.9 Å². The fourth-order valence-electron chi connectivity index (χ4n) is 4.16. The minimum absolute atomic E-state index is 0.0141. The van der Waals surface area contributed by atoms with Crippen molar-refractivity contribution >= 4 is 12.3 Å². The second-order valence-corrected chi connectivity index (χ2v) is 11.1. The number of carbonyl (C=O) groups is 2. The van der Waals surface area contributed by atoms with Gasteiger partial charge in [-0.25, -0.2) is 9.59 Å². The number of hydrogen-bond acceptors (Lipinski definition) is 6. The Balaban J connectivity index is 1.35. The Kier molecular flexibility index (Phi) is 8.29. The number of hydrogen-bond donors (Lipinski definition) is 0. The molecule has 0 N–H and O–H groups in total. The first-order valence-electron chi connectivity index (χ1n) is 13.1. The Labute approximate surface area is 235 Å². The van der Waals surface area contributed by atoms with Crippen LogP contribution in [-0.2, 0) is 10.8 Å². The van der Waals surface area contributed by atoms with Crippen LogP contribution in [0.25, 0.3) is 0 Å². The number of carbonyl (C=O) groups excluding carboxylic acids is 2. The van der Waals surface area contributed by atoms with Gasteiger partial charge in [-0.15, -0.1) is 0 Å². The largest absolute Gasteiger partial charge is 0.519 e. The summed E-state index contributed by atoms with van der Waals surface area (Å²) in [5.41, 5.74) is 3.66. The van der Waals surface area contributed by atoms with Crippen LogP contribution in [0.2, 0.25) is 0 Å². The lowest BCUT2D eigenvalue weighted by molar-refractivity contribution is 0.150. The van der Waals surface area contributed by atoms with Crippen molar-refractivity contribution in [3.05, 3.63) is 119 Å². The van der Waals surface area contributed by atoms with Gasteiger partial charge in [0.05, 0.1) is 0 Å². The van der Waals surface area contributed by atoms with E-state index >= 15 is 0 Å². The van der Waals surface area contributed by atoms with Gasteiger partial charge in [0.25, 0.3) is 0 Å². The minimum Gasteiger partial charge on any atom is -0.395 e. The summed E-state index contributed by atoms with van der Waals surface area (Å²) in [6.45, 7) is 12.4. The van der Waals surface area contributed by atoms with Crippen molar-refractivity contribution in [1.82, 2.24) is 0 Å². The van der Waals surface area contributed by atoms with E-state index in [1.54, 1.807) is 48.5 Å². The third-order valence-electron chi connectivity index (χ3n) is 6.76. The standard InChI is InChI=1S/C34H34O6/c1-23-9-7-8-10-30(23)40-32(36)39-29-21-15-26(16-22-29)34(5,6)25-13-19-28(20-14-25)38-31(35)37-27-17-11-24(12-18-27)33(2,3)4/h7-22H,1-6H3. The van der Waals surface area contributed by atoms with E-state index in [4.69, 9.17) is 18.9 Å². The van der Waals surface area contributed by atoms with E-state index in [-0.39, 0.29) is 10.8 Å². The summed E-state index contributed by atoms with van der Waals surface area (Å²) in [6.07, 6.45) is -1.59. The molecule has 6 heteroatoms. The molecule has 4 aromatic carbocycles. The Bertz CT molecular complexity index is 1460. The molecular weight excluding hydrogens is 504 g/mol.